The van der Waals surface area contributed by atoms with Gasteiger partial charge in [0.25, 0.3) is 5.56 Å². The Bertz CT molecular complexity index is 554. The van der Waals surface area contributed by atoms with Gasteiger partial charge in [-0.25, -0.2) is 9.50 Å². The molecule has 2 aromatic rings. The molecule has 0 bridgehead atoms. The van der Waals surface area contributed by atoms with Crippen molar-refractivity contribution in [2.75, 3.05) is 5.75 Å². The third-order valence-electron chi connectivity index (χ3n) is 2.88. The summed E-state index contributed by atoms with van der Waals surface area (Å²) in [5, 5.41) is 3.53. The lowest BCUT2D eigenvalue weighted by atomic mass is 10.2. The van der Waals surface area contributed by atoms with Crippen LogP contribution >= 0.6 is 11.8 Å². The molecule has 0 spiro atoms. The van der Waals surface area contributed by atoms with E-state index in [1.54, 1.807) is 12.1 Å². The summed E-state index contributed by atoms with van der Waals surface area (Å²) in [5.74, 6) is 2.13. The summed E-state index contributed by atoms with van der Waals surface area (Å²) >= 11 is 1.93. The molecule has 16 heavy (non-hydrogen) atoms. The first-order chi connectivity index (χ1) is 7.84. The zero-order chi connectivity index (χ0) is 11.0. The van der Waals surface area contributed by atoms with Gasteiger partial charge in [-0.2, -0.15) is 11.8 Å². The van der Waals surface area contributed by atoms with Gasteiger partial charge in [0, 0.05) is 6.07 Å². The van der Waals surface area contributed by atoms with Crippen molar-refractivity contribution in [1.29, 1.82) is 0 Å². The molecular formula is C11H13N3OS. The lowest BCUT2D eigenvalue weighted by Gasteiger charge is -2.18. The number of hydrogen-bond acceptors (Lipinski definition) is 3. The average molecular weight is 235 g/mol. The number of rotatable bonds is 1. The van der Waals surface area contributed by atoms with E-state index in [0.717, 1.165) is 12.2 Å². The van der Waals surface area contributed by atoms with Crippen LogP contribution < -0.4 is 5.56 Å². The molecular weight excluding hydrogens is 222 g/mol. The lowest BCUT2D eigenvalue weighted by molar-refractivity contribution is 0.660. The number of thioether (sulfide) groups is 1. The molecule has 2 aromatic heterocycles. The van der Waals surface area contributed by atoms with Gasteiger partial charge in [0.05, 0.1) is 5.25 Å². The highest BCUT2D eigenvalue weighted by Gasteiger charge is 2.19. The number of fused-ring (bicyclic) bond motifs is 1. The summed E-state index contributed by atoms with van der Waals surface area (Å²) in [7, 11) is 0. The number of nitrogens with one attached hydrogen (secondary N) is 1. The van der Waals surface area contributed by atoms with Gasteiger partial charge in [-0.1, -0.05) is 12.5 Å². The summed E-state index contributed by atoms with van der Waals surface area (Å²) < 4.78 is 1.52. The monoisotopic (exact) mass is 235 g/mol. The number of hydrogen-bond donors (Lipinski definition) is 1. The maximum atomic E-state index is 11.6. The maximum absolute atomic E-state index is 11.6. The molecule has 3 heterocycles. The van der Waals surface area contributed by atoms with E-state index < -0.39 is 0 Å². The Hall–Kier alpha value is -1.23. The predicted octanol–water partition coefficient (Wildman–Crippen LogP) is 1.98. The number of aromatic nitrogens is 3. The molecule has 1 aliphatic heterocycles. The summed E-state index contributed by atoms with van der Waals surface area (Å²) in [6.45, 7) is 0. The highest BCUT2D eigenvalue weighted by molar-refractivity contribution is 7.99. The van der Waals surface area contributed by atoms with Crippen LogP contribution in [0.4, 0.5) is 0 Å². The molecule has 1 fully saturated rings. The molecule has 1 aliphatic rings. The topological polar surface area (TPSA) is 50.2 Å². The van der Waals surface area contributed by atoms with Crippen molar-refractivity contribution < 1.29 is 0 Å². The van der Waals surface area contributed by atoms with Gasteiger partial charge in [-0.15, -0.1) is 0 Å². The highest BCUT2D eigenvalue weighted by Crippen LogP contribution is 2.36. The van der Waals surface area contributed by atoms with E-state index in [0.29, 0.717) is 10.9 Å². The second-order valence-electron chi connectivity index (χ2n) is 4.02. The largest absolute Gasteiger partial charge is 0.275 e. The molecule has 4 nitrogen and oxygen atoms in total. The van der Waals surface area contributed by atoms with E-state index in [1.807, 2.05) is 17.8 Å². The SMILES string of the molecule is O=c1cccc2nc(C3CCCCS3)[nH]n12. The fraction of sp³-hybridized carbons (Fsp3) is 0.455. The van der Waals surface area contributed by atoms with Gasteiger partial charge in [0.1, 0.15) is 5.82 Å². The minimum atomic E-state index is -0.0444. The fourth-order valence-corrected chi connectivity index (χ4v) is 3.29. The average Bonchev–Trinajstić information content (AvgIpc) is 2.76. The van der Waals surface area contributed by atoms with Crippen molar-refractivity contribution in [2.24, 2.45) is 0 Å². The quantitative estimate of drug-likeness (QED) is 0.822. The molecule has 0 aliphatic carbocycles. The maximum Gasteiger partial charge on any atom is 0.271 e. The summed E-state index contributed by atoms with van der Waals surface area (Å²) in [6, 6.07) is 5.15. The van der Waals surface area contributed by atoms with Crippen LogP contribution in [-0.2, 0) is 0 Å². The van der Waals surface area contributed by atoms with Crippen LogP contribution in [0, 0.1) is 0 Å². The number of aromatic amines is 1. The van der Waals surface area contributed by atoms with Crippen LogP contribution in [0.1, 0.15) is 30.3 Å². The Morgan fingerprint density at radius 2 is 2.38 bits per heavy atom. The standard InChI is InChI=1S/C11H13N3OS/c15-10-6-3-5-9-12-11(13-14(9)10)8-4-1-2-7-16-8/h3,5-6,8H,1-2,4,7H2,(H,12,13). The predicted molar refractivity (Wildman–Crippen MR) is 64.9 cm³/mol. The number of nitrogens with zero attached hydrogens (tertiary/aromatic N) is 2. The zero-order valence-corrected chi connectivity index (χ0v) is 9.67. The van der Waals surface area contributed by atoms with Gasteiger partial charge >= 0.3 is 0 Å². The van der Waals surface area contributed by atoms with Crippen molar-refractivity contribution in [3.8, 4) is 0 Å². The van der Waals surface area contributed by atoms with E-state index in [2.05, 4.69) is 10.1 Å². The van der Waals surface area contributed by atoms with Crippen LogP contribution in [0.25, 0.3) is 5.65 Å². The minimum Gasteiger partial charge on any atom is -0.275 e. The van der Waals surface area contributed by atoms with Crippen LogP contribution in [-0.4, -0.2) is 20.4 Å². The van der Waals surface area contributed by atoms with E-state index in [-0.39, 0.29) is 5.56 Å². The summed E-state index contributed by atoms with van der Waals surface area (Å²) in [4.78, 5) is 16.0. The summed E-state index contributed by atoms with van der Waals surface area (Å²) in [6.07, 6.45) is 3.70. The molecule has 0 saturated carbocycles. The Morgan fingerprint density at radius 1 is 1.44 bits per heavy atom. The molecule has 0 radical (unpaired) electrons. The first-order valence-electron chi connectivity index (χ1n) is 5.54. The van der Waals surface area contributed by atoms with Crippen molar-refractivity contribution in [2.45, 2.75) is 24.5 Å². The molecule has 0 amide bonds. The molecule has 3 rings (SSSR count). The van der Waals surface area contributed by atoms with Gasteiger partial charge in [0.2, 0.25) is 0 Å². The van der Waals surface area contributed by atoms with E-state index >= 15 is 0 Å². The van der Waals surface area contributed by atoms with Gasteiger partial charge in [0.15, 0.2) is 5.65 Å². The van der Waals surface area contributed by atoms with Crippen LogP contribution in [0.15, 0.2) is 23.0 Å². The molecule has 1 unspecified atom stereocenters. The molecule has 1 saturated heterocycles. The second kappa shape index (κ2) is 3.97. The number of H-pyrrole nitrogens is 1. The van der Waals surface area contributed by atoms with Crippen molar-refractivity contribution >= 4 is 17.4 Å². The summed E-state index contributed by atoms with van der Waals surface area (Å²) in [5.41, 5.74) is 0.672. The van der Waals surface area contributed by atoms with Crippen molar-refractivity contribution in [3.05, 3.63) is 34.4 Å². The van der Waals surface area contributed by atoms with Crippen LogP contribution in [0.2, 0.25) is 0 Å². The Morgan fingerprint density at radius 3 is 3.12 bits per heavy atom. The third kappa shape index (κ3) is 1.65. The Labute approximate surface area is 97.1 Å². The highest BCUT2D eigenvalue weighted by atomic mass is 32.2. The Kier molecular flexibility index (Phi) is 2.47. The number of pyridine rings is 1. The van der Waals surface area contributed by atoms with Crippen molar-refractivity contribution in [1.82, 2.24) is 14.6 Å². The minimum absolute atomic E-state index is 0.0444. The fourth-order valence-electron chi connectivity index (χ4n) is 2.04. The lowest BCUT2D eigenvalue weighted by Crippen LogP contribution is -2.12. The first-order valence-corrected chi connectivity index (χ1v) is 6.59. The van der Waals surface area contributed by atoms with Gasteiger partial charge in [-0.05, 0) is 24.7 Å². The molecule has 0 aromatic carbocycles. The van der Waals surface area contributed by atoms with Crippen molar-refractivity contribution in [3.63, 3.8) is 0 Å². The third-order valence-corrected chi connectivity index (χ3v) is 4.27. The normalized spacial score (nSPS) is 21.4. The van der Waals surface area contributed by atoms with Crippen LogP contribution in [0.3, 0.4) is 0 Å². The molecule has 1 atom stereocenters. The Balaban J connectivity index is 2.04. The van der Waals surface area contributed by atoms with E-state index in [9.17, 15) is 4.79 Å². The molecule has 1 N–H and O–H groups in total. The van der Waals surface area contributed by atoms with E-state index in [4.69, 9.17) is 0 Å². The van der Waals surface area contributed by atoms with Crippen LogP contribution in [0.5, 0.6) is 0 Å². The molecule has 84 valence electrons. The first kappa shape index (κ1) is 9.96. The second-order valence-corrected chi connectivity index (χ2v) is 5.33. The zero-order valence-electron chi connectivity index (χ0n) is 8.85. The van der Waals surface area contributed by atoms with E-state index in [1.165, 1.54) is 23.1 Å². The molecule has 5 heteroatoms. The van der Waals surface area contributed by atoms with Gasteiger partial charge in [-0.3, -0.25) is 9.89 Å². The smallest absolute Gasteiger partial charge is 0.271 e. The van der Waals surface area contributed by atoms with Gasteiger partial charge < -0.3 is 0 Å².